The highest BCUT2D eigenvalue weighted by atomic mass is 32.2. The van der Waals surface area contributed by atoms with E-state index >= 15 is 0 Å². The molecule has 22 heavy (non-hydrogen) atoms. The quantitative estimate of drug-likeness (QED) is 0.881. The highest BCUT2D eigenvalue weighted by Crippen LogP contribution is 2.23. The smallest absolute Gasteiger partial charge is 0.260 e. The van der Waals surface area contributed by atoms with Gasteiger partial charge in [0.15, 0.2) is 0 Å². The van der Waals surface area contributed by atoms with Crippen LogP contribution in [0.25, 0.3) is 0 Å². The minimum absolute atomic E-state index is 0.0531. The number of hydrogen-bond acceptors (Lipinski definition) is 5. The third kappa shape index (κ3) is 3.60. The maximum atomic E-state index is 12.3. The molecule has 1 aromatic carbocycles. The Hall–Kier alpha value is -2.45. The minimum Gasteiger partial charge on any atom is -0.496 e. The average Bonchev–Trinajstić information content (AvgIpc) is 2.45. The summed E-state index contributed by atoms with van der Waals surface area (Å²) in [5, 5.41) is 7.66. The number of amides is 1. The van der Waals surface area contributed by atoms with Crippen LogP contribution in [0.5, 0.6) is 5.75 Å². The van der Waals surface area contributed by atoms with Crippen molar-refractivity contribution < 1.29 is 17.9 Å². The molecule has 0 bridgehead atoms. The molecule has 0 atom stereocenters. The molecule has 3 N–H and O–H groups in total. The van der Waals surface area contributed by atoms with E-state index < -0.39 is 15.9 Å². The Labute approximate surface area is 128 Å². The van der Waals surface area contributed by atoms with Crippen molar-refractivity contribution >= 4 is 21.7 Å². The summed E-state index contributed by atoms with van der Waals surface area (Å²) in [6, 6.07) is 8.97. The third-order valence-electron chi connectivity index (χ3n) is 2.87. The van der Waals surface area contributed by atoms with E-state index in [9.17, 15) is 13.2 Å². The third-order valence-corrected chi connectivity index (χ3v) is 3.79. The van der Waals surface area contributed by atoms with Gasteiger partial charge in [0.25, 0.3) is 5.91 Å². The second-order valence-electron chi connectivity index (χ2n) is 4.53. The lowest BCUT2D eigenvalue weighted by atomic mass is 10.2. The molecule has 0 spiro atoms. The number of anilines is 1. The first-order valence-electron chi connectivity index (χ1n) is 6.27. The largest absolute Gasteiger partial charge is 0.496 e. The first kappa shape index (κ1) is 15.9. The van der Waals surface area contributed by atoms with Gasteiger partial charge in [0, 0.05) is 5.69 Å². The molecule has 0 saturated carbocycles. The second-order valence-corrected chi connectivity index (χ2v) is 6.09. The summed E-state index contributed by atoms with van der Waals surface area (Å²) in [5.41, 5.74) is 0.792. The van der Waals surface area contributed by atoms with Crippen molar-refractivity contribution in [1.82, 2.24) is 4.98 Å². The Balaban J connectivity index is 2.39. The molecule has 1 amide bonds. The van der Waals surface area contributed by atoms with Gasteiger partial charge in [0.1, 0.15) is 11.6 Å². The summed E-state index contributed by atoms with van der Waals surface area (Å²) in [4.78, 5) is 16.3. The van der Waals surface area contributed by atoms with Crippen LogP contribution >= 0.6 is 0 Å². The fourth-order valence-electron chi connectivity index (χ4n) is 1.84. The molecule has 8 heteroatoms. The molecule has 0 aliphatic carbocycles. The van der Waals surface area contributed by atoms with E-state index in [4.69, 9.17) is 9.88 Å². The first-order chi connectivity index (χ1) is 10.3. The molecule has 0 unspecified atom stereocenters. The van der Waals surface area contributed by atoms with Crippen LogP contribution < -0.4 is 15.2 Å². The van der Waals surface area contributed by atoms with Crippen molar-refractivity contribution in [1.29, 1.82) is 0 Å². The van der Waals surface area contributed by atoms with Crippen LogP contribution in [0.1, 0.15) is 16.1 Å². The number of pyridine rings is 1. The van der Waals surface area contributed by atoms with Crippen LogP contribution in [0, 0.1) is 6.92 Å². The molecular formula is C14H15N3O4S. The van der Waals surface area contributed by atoms with Crippen LogP contribution in [-0.2, 0) is 10.0 Å². The summed E-state index contributed by atoms with van der Waals surface area (Å²) in [6.07, 6.45) is 0. The number of nitrogens with two attached hydrogens (primary N) is 1. The number of nitrogens with one attached hydrogen (secondary N) is 1. The Bertz CT molecular complexity index is 819. The number of methoxy groups -OCH3 is 1. The summed E-state index contributed by atoms with van der Waals surface area (Å²) in [7, 11) is -2.53. The number of hydrogen-bond donors (Lipinski definition) is 2. The molecule has 1 heterocycles. The predicted molar refractivity (Wildman–Crippen MR) is 81.3 cm³/mol. The van der Waals surface area contributed by atoms with Gasteiger partial charge in [-0.25, -0.2) is 18.5 Å². The number of aromatic nitrogens is 1. The zero-order valence-electron chi connectivity index (χ0n) is 12.0. The van der Waals surface area contributed by atoms with Gasteiger partial charge in [-0.3, -0.25) is 4.79 Å². The van der Waals surface area contributed by atoms with Gasteiger partial charge in [-0.05, 0) is 37.3 Å². The number of primary sulfonamides is 1. The molecule has 7 nitrogen and oxygen atoms in total. The lowest BCUT2D eigenvalue weighted by molar-refractivity contribution is 0.102. The molecule has 0 saturated heterocycles. The number of aryl methyl sites for hydroxylation is 1. The van der Waals surface area contributed by atoms with Crippen LogP contribution in [0.3, 0.4) is 0 Å². The van der Waals surface area contributed by atoms with Gasteiger partial charge in [-0.1, -0.05) is 6.07 Å². The van der Waals surface area contributed by atoms with Crippen LogP contribution in [0.4, 0.5) is 5.82 Å². The first-order valence-corrected chi connectivity index (χ1v) is 7.82. The molecule has 2 rings (SSSR count). The molecule has 0 aliphatic heterocycles. The number of benzene rings is 1. The normalized spacial score (nSPS) is 11.0. The van der Waals surface area contributed by atoms with Gasteiger partial charge < -0.3 is 10.1 Å². The van der Waals surface area contributed by atoms with Crippen molar-refractivity contribution in [2.75, 3.05) is 12.4 Å². The Morgan fingerprint density at radius 1 is 1.27 bits per heavy atom. The summed E-state index contributed by atoms with van der Waals surface area (Å²) in [5.74, 6) is 0.0473. The number of nitrogens with zero attached hydrogens (tertiary/aromatic N) is 1. The summed E-state index contributed by atoms with van der Waals surface area (Å²) in [6.45, 7) is 1.79. The van der Waals surface area contributed by atoms with Crippen LogP contribution in [0.2, 0.25) is 0 Å². The maximum Gasteiger partial charge on any atom is 0.260 e. The van der Waals surface area contributed by atoms with Gasteiger partial charge in [-0.15, -0.1) is 0 Å². The molecule has 0 aliphatic rings. The maximum absolute atomic E-state index is 12.3. The van der Waals surface area contributed by atoms with E-state index in [2.05, 4.69) is 10.3 Å². The predicted octanol–water partition coefficient (Wildman–Crippen LogP) is 1.30. The summed E-state index contributed by atoms with van der Waals surface area (Å²) < 4.78 is 27.9. The number of ether oxygens (including phenoxy) is 1. The standard InChI is InChI=1S/C14H15N3O4S/c1-9-4-3-5-13(16-9)17-14(18)11-8-10(22(15,19)20)6-7-12(11)21-2/h3-8H,1-2H3,(H2,15,19,20)(H,16,17,18). The van der Waals surface area contributed by atoms with E-state index in [0.29, 0.717) is 5.82 Å². The highest BCUT2D eigenvalue weighted by Gasteiger charge is 2.17. The fraction of sp³-hybridized carbons (Fsp3) is 0.143. The van der Waals surface area contributed by atoms with Gasteiger partial charge in [0.05, 0.1) is 17.6 Å². The molecule has 0 radical (unpaired) electrons. The van der Waals surface area contributed by atoms with Crippen molar-refractivity contribution in [3.05, 3.63) is 47.7 Å². The SMILES string of the molecule is COc1ccc(S(N)(=O)=O)cc1C(=O)Nc1cccc(C)n1. The fourth-order valence-corrected chi connectivity index (χ4v) is 2.38. The minimum atomic E-state index is -3.91. The van der Waals surface area contributed by atoms with Crippen molar-refractivity contribution in [3.8, 4) is 5.75 Å². The Morgan fingerprint density at radius 2 is 2.00 bits per heavy atom. The Kier molecular flexibility index (Phi) is 4.43. The van der Waals surface area contributed by atoms with Gasteiger partial charge >= 0.3 is 0 Å². The van der Waals surface area contributed by atoms with E-state index in [0.717, 1.165) is 5.69 Å². The van der Waals surface area contributed by atoms with E-state index in [1.54, 1.807) is 25.1 Å². The molecule has 0 fully saturated rings. The van der Waals surface area contributed by atoms with Gasteiger partial charge in [0.2, 0.25) is 10.0 Å². The monoisotopic (exact) mass is 321 g/mol. The number of rotatable bonds is 4. The van der Waals surface area contributed by atoms with E-state index in [-0.39, 0.29) is 16.2 Å². The van der Waals surface area contributed by atoms with Crippen molar-refractivity contribution in [3.63, 3.8) is 0 Å². The van der Waals surface area contributed by atoms with Gasteiger partial charge in [-0.2, -0.15) is 0 Å². The molecule has 1 aromatic heterocycles. The average molecular weight is 321 g/mol. The zero-order chi connectivity index (χ0) is 16.3. The molecular weight excluding hydrogens is 306 g/mol. The van der Waals surface area contributed by atoms with Crippen LogP contribution in [-0.4, -0.2) is 26.4 Å². The lowest BCUT2D eigenvalue weighted by Gasteiger charge is -2.10. The number of carbonyl (C=O) groups excluding carboxylic acids is 1. The highest BCUT2D eigenvalue weighted by molar-refractivity contribution is 7.89. The van der Waals surface area contributed by atoms with Crippen molar-refractivity contribution in [2.45, 2.75) is 11.8 Å². The second kappa shape index (κ2) is 6.12. The molecule has 2 aromatic rings. The van der Waals surface area contributed by atoms with E-state index in [1.165, 1.54) is 25.3 Å². The number of carbonyl (C=O) groups is 1. The number of sulfonamides is 1. The molecule has 116 valence electrons. The van der Waals surface area contributed by atoms with Crippen LogP contribution in [0.15, 0.2) is 41.3 Å². The Morgan fingerprint density at radius 3 is 2.59 bits per heavy atom. The van der Waals surface area contributed by atoms with E-state index in [1.807, 2.05) is 0 Å². The lowest BCUT2D eigenvalue weighted by Crippen LogP contribution is -2.17. The topological polar surface area (TPSA) is 111 Å². The summed E-state index contributed by atoms with van der Waals surface area (Å²) >= 11 is 0. The van der Waals surface area contributed by atoms with Crippen molar-refractivity contribution in [2.24, 2.45) is 5.14 Å². The zero-order valence-corrected chi connectivity index (χ0v) is 12.8.